The van der Waals surface area contributed by atoms with Crippen LogP contribution in [-0.2, 0) is 16.1 Å². The van der Waals surface area contributed by atoms with Crippen LogP contribution < -0.4 is 0 Å². The van der Waals surface area contributed by atoms with Gasteiger partial charge in [0.2, 0.25) is 11.8 Å². The highest BCUT2D eigenvalue weighted by Crippen LogP contribution is 2.49. The van der Waals surface area contributed by atoms with E-state index < -0.39 is 5.41 Å². The van der Waals surface area contributed by atoms with E-state index in [-0.39, 0.29) is 11.8 Å². The normalized spacial score (nSPS) is 19.5. The van der Waals surface area contributed by atoms with Crippen LogP contribution in [0.5, 0.6) is 0 Å². The fraction of sp³-hybridized carbons (Fsp3) is 0.600. The molecule has 1 saturated carbocycles. The zero-order valence-electron chi connectivity index (χ0n) is 15.4. The molecule has 0 radical (unpaired) electrons. The number of piperazine rings is 1. The van der Waals surface area contributed by atoms with E-state index in [1.165, 1.54) is 0 Å². The molecule has 25 heavy (non-hydrogen) atoms. The second kappa shape index (κ2) is 7.56. The molecule has 5 nitrogen and oxygen atoms in total. The molecular weight excluding hydrogens is 314 g/mol. The van der Waals surface area contributed by atoms with Gasteiger partial charge in [-0.3, -0.25) is 9.59 Å². The number of nitrogens with zero attached hydrogens (tertiary/aromatic N) is 3. The third kappa shape index (κ3) is 3.71. The Morgan fingerprint density at radius 1 is 1.04 bits per heavy atom. The SMILES string of the molecule is CCN1CCN(C(=O)C2(C(=O)N(CC)Cc3ccccc3)CC2)CC1. The first-order chi connectivity index (χ1) is 12.1. The van der Waals surface area contributed by atoms with Crippen molar-refractivity contribution in [1.29, 1.82) is 0 Å². The molecule has 2 fully saturated rings. The van der Waals surface area contributed by atoms with Gasteiger partial charge in [0, 0.05) is 39.3 Å². The van der Waals surface area contributed by atoms with E-state index in [0.717, 1.165) is 38.3 Å². The molecule has 1 aliphatic carbocycles. The van der Waals surface area contributed by atoms with E-state index in [4.69, 9.17) is 0 Å². The Kier molecular flexibility index (Phi) is 5.42. The number of carbonyl (C=O) groups is 2. The van der Waals surface area contributed by atoms with Crippen LogP contribution in [0.1, 0.15) is 32.3 Å². The highest BCUT2D eigenvalue weighted by molar-refractivity contribution is 6.07. The summed E-state index contributed by atoms with van der Waals surface area (Å²) in [5.41, 5.74) is 0.330. The summed E-state index contributed by atoms with van der Waals surface area (Å²) < 4.78 is 0. The van der Waals surface area contributed by atoms with Gasteiger partial charge in [0.15, 0.2) is 0 Å². The van der Waals surface area contributed by atoms with Crippen molar-refractivity contribution < 1.29 is 9.59 Å². The quantitative estimate of drug-likeness (QED) is 0.742. The van der Waals surface area contributed by atoms with Crippen LogP contribution in [-0.4, -0.2) is 65.8 Å². The van der Waals surface area contributed by atoms with E-state index in [1.807, 2.05) is 47.1 Å². The molecule has 0 unspecified atom stereocenters. The van der Waals surface area contributed by atoms with Crippen LogP contribution in [0.25, 0.3) is 0 Å². The van der Waals surface area contributed by atoms with Crippen molar-refractivity contribution in [2.75, 3.05) is 39.3 Å². The van der Waals surface area contributed by atoms with Crippen LogP contribution in [0.4, 0.5) is 0 Å². The number of hydrogen-bond donors (Lipinski definition) is 0. The van der Waals surface area contributed by atoms with E-state index in [1.54, 1.807) is 0 Å². The van der Waals surface area contributed by atoms with Gasteiger partial charge in [-0.05, 0) is 31.9 Å². The molecular formula is C20H29N3O2. The van der Waals surface area contributed by atoms with Crippen LogP contribution in [0.3, 0.4) is 0 Å². The Balaban J connectivity index is 1.66. The van der Waals surface area contributed by atoms with Crippen molar-refractivity contribution in [3.05, 3.63) is 35.9 Å². The Bertz CT molecular complexity index is 605. The molecule has 1 aromatic rings. The molecule has 136 valence electrons. The minimum absolute atomic E-state index is 0.0155. The minimum Gasteiger partial charge on any atom is -0.339 e. The maximum absolute atomic E-state index is 13.1. The van der Waals surface area contributed by atoms with Crippen LogP contribution in [0.2, 0.25) is 0 Å². The maximum Gasteiger partial charge on any atom is 0.238 e. The Morgan fingerprint density at radius 3 is 2.20 bits per heavy atom. The summed E-state index contributed by atoms with van der Waals surface area (Å²) in [6.07, 6.45) is 1.40. The number of rotatable bonds is 6. The molecule has 1 aliphatic heterocycles. The van der Waals surface area contributed by atoms with Gasteiger partial charge in [-0.2, -0.15) is 0 Å². The predicted octanol–water partition coefficient (Wildman–Crippen LogP) is 1.98. The van der Waals surface area contributed by atoms with E-state index in [0.29, 0.717) is 25.9 Å². The van der Waals surface area contributed by atoms with Gasteiger partial charge in [0.25, 0.3) is 0 Å². The number of likely N-dealkylation sites (N-methyl/N-ethyl adjacent to an activating group) is 1. The first-order valence-corrected chi connectivity index (χ1v) is 9.45. The summed E-state index contributed by atoms with van der Waals surface area (Å²) in [6, 6.07) is 10.0. The first-order valence-electron chi connectivity index (χ1n) is 9.45. The van der Waals surface area contributed by atoms with Crippen molar-refractivity contribution in [3.63, 3.8) is 0 Å². The fourth-order valence-electron chi connectivity index (χ4n) is 3.65. The third-order valence-electron chi connectivity index (χ3n) is 5.56. The molecule has 3 rings (SSSR count). The number of amides is 2. The summed E-state index contributed by atoms with van der Waals surface area (Å²) in [7, 11) is 0. The Labute approximate surface area is 150 Å². The zero-order chi connectivity index (χ0) is 17.9. The zero-order valence-corrected chi connectivity index (χ0v) is 15.4. The minimum atomic E-state index is -0.779. The van der Waals surface area contributed by atoms with Crippen LogP contribution in [0, 0.1) is 5.41 Å². The summed E-state index contributed by atoms with van der Waals surface area (Å²) >= 11 is 0. The lowest BCUT2D eigenvalue weighted by Crippen LogP contribution is -2.53. The number of hydrogen-bond acceptors (Lipinski definition) is 3. The molecule has 1 heterocycles. The Morgan fingerprint density at radius 2 is 1.68 bits per heavy atom. The highest BCUT2D eigenvalue weighted by Gasteiger charge is 2.59. The van der Waals surface area contributed by atoms with Crippen molar-refractivity contribution in [3.8, 4) is 0 Å². The summed E-state index contributed by atoms with van der Waals surface area (Å²) in [5, 5.41) is 0. The molecule has 1 saturated heterocycles. The first kappa shape index (κ1) is 17.9. The van der Waals surface area contributed by atoms with Crippen molar-refractivity contribution in [2.45, 2.75) is 33.2 Å². The van der Waals surface area contributed by atoms with Crippen LogP contribution in [0.15, 0.2) is 30.3 Å². The smallest absolute Gasteiger partial charge is 0.238 e. The average Bonchev–Trinajstić information content (AvgIpc) is 3.48. The monoisotopic (exact) mass is 343 g/mol. The second-order valence-electron chi connectivity index (χ2n) is 7.11. The molecule has 0 aromatic heterocycles. The van der Waals surface area contributed by atoms with Gasteiger partial charge in [0.1, 0.15) is 5.41 Å². The molecule has 0 N–H and O–H groups in total. The lowest BCUT2D eigenvalue weighted by molar-refractivity contribution is -0.150. The van der Waals surface area contributed by atoms with E-state index in [9.17, 15) is 9.59 Å². The van der Waals surface area contributed by atoms with E-state index >= 15 is 0 Å². The van der Waals surface area contributed by atoms with Gasteiger partial charge >= 0.3 is 0 Å². The van der Waals surface area contributed by atoms with Gasteiger partial charge < -0.3 is 14.7 Å². The molecule has 0 atom stereocenters. The highest BCUT2D eigenvalue weighted by atomic mass is 16.2. The predicted molar refractivity (Wildman–Crippen MR) is 97.9 cm³/mol. The summed E-state index contributed by atoms with van der Waals surface area (Å²) in [6.45, 7) is 9.67. The van der Waals surface area contributed by atoms with Crippen molar-refractivity contribution in [1.82, 2.24) is 14.7 Å². The molecule has 1 aromatic carbocycles. The number of carbonyl (C=O) groups excluding carboxylic acids is 2. The number of benzene rings is 1. The fourth-order valence-corrected chi connectivity index (χ4v) is 3.65. The van der Waals surface area contributed by atoms with Gasteiger partial charge in [-0.1, -0.05) is 37.3 Å². The Hall–Kier alpha value is -1.88. The molecule has 0 spiro atoms. The van der Waals surface area contributed by atoms with Crippen LogP contribution >= 0.6 is 0 Å². The van der Waals surface area contributed by atoms with Gasteiger partial charge in [-0.15, -0.1) is 0 Å². The third-order valence-corrected chi connectivity index (χ3v) is 5.56. The summed E-state index contributed by atoms with van der Waals surface area (Å²) in [5.74, 6) is 0.0709. The largest absolute Gasteiger partial charge is 0.339 e. The maximum atomic E-state index is 13.1. The average molecular weight is 343 g/mol. The molecule has 2 aliphatic rings. The molecule has 2 amide bonds. The molecule has 0 bridgehead atoms. The van der Waals surface area contributed by atoms with Crippen molar-refractivity contribution in [2.24, 2.45) is 5.41 Å². The van der Waals surface area contributed by atoms with Crippen molar-refractivity contribution >= 4 is 11.8 Å². The second-order valence-corrected chi connectivity index (χ2v) is 7.11. The van der Waals surface area contributed by atoms with Gasteiger partial charge in [0.05, 0.1) is 0 Å². The lowest BCUT2D eigenvalue weighted by atomic mass is 10.0. The van der Waals surface area contributed by atoms with E-state index in [2.05, 4.69) is 11.8 Å². The topological polar surface area (TPSA) is 43.9 Å². The summed E-state index contributed by atoms with van der Waals surface area (Å²) in [4.78, 5) is 32.3. The molecule has 5 heteroatoms. The lowest BCUT2D eigenvalue weighted by Gasteiger charge is -2.36. The standard InChI is InChI=1S/C20H29N3O2/c1-3-21-12-14-23(15-13-21)19(25)20(10-11-20)18(24)22(4-2)16-17-8-6-5-7-9-17/h5-9H,3-4,10-16H2,1-2H3. The van der Waals surface area contributed by atoms with Gasteiger partial charge in [-0.25, -0.2) is 0 Å².